The van der Waals surface area contributed by atoms with Crippen molar-refractivity contribution in [3.63, 3.8) is 0 Å². The molecular weight excluding hydrogens is 827 g/mol. The molecule has 0 fully saturated rings. The van der Waals surface area contributed by atoms with Gasteiger partial charge in [-0.1, -0.05) is 84.9 Å². The lowest BCUT2D eigenvalue weighted by Crippen LogP contribution is -1.95. The molecule has 10 nitrogen and oxygen atoms in total. The lowest BCUT2D eigenvalue weighted by atomic mass is 9.97. The van der Waals surface area contributed by atoms with Crippen LogP contribution in [-0.2, 0) is 0 Å². The number of nitro benzene ring substituents is 2. The van der Waals surface area contributed by atoms with Crippen LogP contribution in [0.1, 0.15) is 0 Å². The largest absolute Gasteiger partial charge is 0.360 e. The summed E-state index contributed by atoms with van der Waals surface area (Å²) >= 11 is 2.28. The summed E-state index contributed by atoms with van der Waals surface area (Å²) in [6.07, 6.45) is 10.7. The van der Waals surface area contributed by atoms with Crippen LogP contribution in [0.2, 0.25) is 0 Å². The van der Waals surface area contributed by atoms with Crippen LogP contribution < -0.4 is 0 Å². The summed E-state index contributed by atoms with van der Waals surface area (Å²) in [5.74, 6) is 0. The van der Waals surface area contributed by atoms with Gasteiger partial charge in [0.1, 0.15) is 0 Å². The quantitative estimate of drug-likeness (QED) is 0.104. The Morgan fingerprint density at radius 3 is 1.60 bits per heavy atom. The predicted molar refractivity (Wildman–Crippen MR) is 236 cm³/mol. The van der Waals surface area contributed by atoms with E-state index in [0.717, 1.165) is 49.4 Å². The third kappa shape index (κ3) is 7.43. The lowest BCUT2D eigenvalue weighted by Gasteiger charge is -2.09. The number of para-hydroxylation sites is 1. The Morgan fingerprint density at radius 1 is 0.509 bits per heavy atom. The number of nitrogens with one attached hydrogen (secondary N) is 1. The Bertz CT molecular complexity index is 3060. The van der Waals surface area contributed by atoms with E-state index < -0.39 is 0 Å². The fraction of sp³-hybridized carbons (Fsp3) is 0. The summed E-state index contributed by atoms with van der Waals surface area (Å²) in [5, 5.41) is 28.4. The summed E-state index contributed by atoms with van der Waals surface area (Å²) in [5.41, 5.74) is 5.69. The van der Waals surface area contributed by atoms with Crippen molar-refractivity contribution in [3.05, 3.63) is 207 Å². The molecule has 0 aliphatic carbocycles. The number of hydrogen-bond donors (Lipinski definition) is 1. The Kier molecular flexibility index (Phi) is 10.5. The van der Waals surface area contributed by atoms with E-state index in [4.69, 9.17) is 0 Å². The van der Waals surface area contributed by atoms with E-state index in [1.807, 2.05) is 132 Å². The zero-order valence-corrected chi connectivity index (χ0v) is 32.2. The van der Waals surface area contributed by atoms with E-state index in [9.17, 15) is 20.2 Å². The minimum absolute atomic E-state index is 0.111. The molecule has 57 heavy (non-hydrogen) atoms. The van der Waals surface area contributed by atoms with Crippen LogP contribution in [0.5, 0.6) is 0 Å². The Hall–Kier alpha value is -7.25. The van der Waals surface area contributed by atoms with Crippen molar-refractivity contribution in [2.24, 2.45) is 0 Å². The number of fused-ring (bicyclic) bond motifs is 4. The van der Waals surface area contributed by atoms with E-state index in [0.29, 0.717) is 21.9 Å². The van der Waals surface area contributed by atoms with Crippen molar-refractivity contribution in [1.82, 2.24) is 19.5 Å². The second kappa shape index (κ2) is 16.2. The first-order valence-corrected chi connectivity index (χ1v) is 18.9. The van der Waals surface area contributed by atoms with Crippen molar-refractivity contribution in [2.75, 3.05) is 0 Å². The molecule has 0 spiro atoms. The maximum Gasteiger partial charge on any atom is 0.285 e. The monoisotopic (exact) mass is 858 g/mol. The van der Waals surface area contributed by atoms with E-state index in [1.54, 1.807) is 43.0 Å². The summed E-state index contributed by atoms with van der Waals surface area (Å²) in [6, 6.07) is 46.2. The summed E-state index contributed by atoms with van der Waals surface area (Å²) in [7, 11) is 0. The first kappa shape index (κ1) is 36.7. The third-order valence-corrected chi connectivity index (χ3v) is 10.3. The molecule has 0 saturated heterocycles. The van der Waals surface area contributed by atoms with Crippen LogP contribution in [0.15, 0.2) is 183 Å². The molecule has 0 amide bonds. The zero-order chi connectivity index (χ0) is 39.3. The topological polar surface area (TPSA) is 133 Å². The van der Waals surface area contributed by atoms with Crippen LogP contribution in [0.25, 0.3) is 71.3 Å². The summed E-state index contributed by atoms with van der Waals surface area (Å²) < 4.78 is 3.33. The number of pyridine rings is 2. The minimum Gasteiger partial charge on any atom is -0.360 e. The maximum absolute atomic E-state index is 12.0. The van der Waals surface area contributed by atoms with Crippen molar-refractivity contribution in [3.8, 4) is 27.9 Å². The predicted octanol–water partition coefficient (Wildman–Crippen LogP) is 12.3. The molecule has 0 bridgehead atoms. The van der Waals surface area contributed by atoms with Gasteiger partial charge in [0.2, 0.25) is 0 Å². The number of aromatic amines is 1. The second-order valence-electron chi connectivity index (χ2n) is 12.9. The second-order valence-corrected chi connectivity index (χ2v) is 14.2. The fourth-order valence-corrected chi connectivity index (χ4v) is 7.45. The molecule has 276 valence electrons. The van der Waals surface area contributed by atoms with Crippen LogP contribution >= 0.6 is 22.6 Å². The molecule has 10 aromatic rings. The third-order valence-electron chi connectivity index (χ3n) is 9.61. The van der Waals surface area contributed by atoms with Crippen molar-refractivity contribution >= 4 is 77.3 Å². The fourth-order valence-electron chi connectivity index (χ4n) is 7.03. The highest BCUT2D eigenvalue weighted by Gasteiger charge is 2.23. The molecule has 4 heterocycles. The molecule has 6 aromatic carbocycles. The number of benzene rings is 6. The first-order chi connectivity index (χ1) is 27.9. The van der Waals surface area contributed by atoms with Gasteiger partial charge in [0.25, 0.3) is 11.4 Å². The summed E-state index contributed by atoms with van der Waals surface area (Å²) in [4.78, 5) is 34.7. The normalized spacial score (nSPS) is 10.8. The Morgan fingerprint density at radius 2 is 1.04 bits per heavy atom. The average Bonchev–Trinajstić information content (AvgIpc) is 3.92. The molecule has 0 unspecified atom stereocenters. The van der Waals surface area contributed by atoms with Crippen molar-refractivity contribution < 1.29 is 9.85 Å². The van der Waals surface area contributed by atoms with Gasteiger partial charge in [0, 0.05) is 55.9 Å². The molecular formula is C46H31IN6O4. The van der Waals surface area contributed by atoms with Gasteiger partial charge < -0.3 is 9.55 Å². The maximum atomic E-state index is 12.0. The molecule has 4 aromatic heterocycles. The smallest absolute Gasteiger partial charge is 0.285 e. The lowest BCUT2D eigenvalue weighted by molar-refractivity contribution is -0.382. The molecule has 0 saturated carbocycles. The number of nitrogens with zero attached hydrogens (tertiary/aromatic N) is 5. The highest BCUT2D eigenvalue weighted by Crippen LogP contribution is 2.41. The summed E-state index contributed by atoms with van der Waals surface area (Å²) in [6.45, 7) is 0. The van der Waals surface area contributed by atoms with Crippen LogP contribution in [0, 0.1) is 23.8 Å². The highest BCUT2D eigenvalue weighted by atomic mass is 127. The molecule has 1 N–H and O–H groups in total. The Labute approximate surface area is 339 Å². The molecule has 0 atom stereocenters. The molecule has 11 heteroatoms. The number of hydrogen-bond acceptors (Lipinski definition) is 6. The average molecular weight is 859 g/mol. The van der Waals surface area contributed by atoms with Gasteiger partial charge in [-0.05, 0) is 94.0 Å². The highest BCUT2D eigenvalue weighted by molar-refractivity contribution is 14.1. The zero-order valence-electron chi connectivity index (χ0n) is 30.1. The standard InChI is InChI=1S/C23H15N3O2.C17H11N3O2.C6H5I/c27-26(28)23-18-9-5-4-6-16(18)10-11-20(23)21-14-24-15-22-19(21)12-13-25(22)17-7-2-1-3-8-17;21-20(22)17-12-4-2-1-3-11(12)5-6-14(17)15-9-18-10-16-13(15)7-8-19-16;7-6-4-2-1-3-5-6/h1-15H;1-10,19H;1-5H. The number of H-pyrrole nitrogens is 1. The molecule has 0 aliphatic heterocycles. The first-order valence-electron chi connectivity index (χ1n) is 17.8. The van der Waals surface area contributed by atoms with Gasteiger partial charge in [-0.15, -0.1) is 0 Å². The van der Waals surface area contributed by atoms with Gasteiger partial charge in [-0.3, -0.25) is 30.2 Å². The van der Waals surface area contributed by atoms with Gasteiger partial charge in [-0.2, -0.15) is 0 Å². The van der Waals surface area contributed by atoms with E-state index in [2.05, 4.69) is 49.7 Å². The van der Waals surface area contributed by atoms with E-state index >= 15 is 0 Å². The van der Waals surface area contributed by atoms with Crippen LogP contribution in [0.4, 0.5) is 11.4 Å². The number of aromatic nitrogens is 4. The molecule has 10 rings (SSSR count). The van der Waals surface area contributed by atoms with Gasteiger partial charge >= 0.3 is 0 Å². The van der Waals surface area contributed by atoms with Crippen molar-refractivity contribution in [1.29, 1.82) is 0 Å². The minimum atomic E-state index is -0.316. The van der Waals surface area contributed by atoms with Crippen LogP contribution in [-0.4, -0.2) is 29.4 Å². The van der Waals surface area contributed by atoms with Crippen molar-refractivity contribution in [2.45, 2.75) is 0 Å². The van der Waals surface area contributed by atoms with Gasteiger partial charge in [0.05, 0.1) is 55.2 Å². The number of rotatable bonds is 5. The molecule has 0 aliphatic rings. The van der Waals surface area contributed by atoms with Crippen LogP contribution in [0.3, 0.4) is 0 Å². The number of halogens is 1. The van der Waals surface area contributed by atoms with Gasteiger partial charge in [-0.25, -0.2) is 0 Å². The SMILES string of the molecule is Ic1ccccc1.O=[N+]([O-])c1c(-c2cncc3[nH]ccc23)ccc2ccccc12.O=[N+]([O-])c1c(-c2cncc3c2ccn3-c2ccccc2)ccc2ccccc12. The number of nitro groups is 2. The molecule has 0 radical (unpaired) electrons. The van der Waals surface area contributed by atoms with Gasteiger partial charge in [0.15, 0.2) is 0 Å². The Balaban J connectivity index is 0.000000139. The van der Waals surface area contributed by atoms with E-state index in [1.165, 1.54) is 3.57 Å². The van der Waals surface area contributed by atoms with E-state index in [-0.39, 0.29) is 21.2 Å².